The summed E-state index contributed by atoms with van der Waals surface area (Å²) in [5, 5.41) is 0. The van der Waals surface area contributed by atoms with E-state index < -0.39 is 0 Å². The second kappa shape index (κ2) is 15.7. The molecule has 0 rings (SSSR count). The molecule has 0 aromatic carbocycles. The fourth-order valence-corrected chi connectivity index (χ4v) is 3.99. The molecule has 0 unspecified atom stereocenters. The summed E-state index contributed by atoms with van der Waals surface area (Å²) >= 11 is 0. The molecule has 98 valence electrons. The molecule has 16 heavy (non-hydrogen) atoms. The van der Waals surface area contributed by atoms with Gasteiger partial charge in [0.2, 0.25) is 0 Å². The predicted octanol–water partition coefficient (Wildman–Crippen LogP) is 6.31. The third-order valence-electron chi connectivity index (χ3n) is 2.75. The van der Waals surface area contributed by atoms with E-state index in [1.807, 2.05) is 0 Å². The maximum atomic E-state index is 2.29. The molecule has 0 amide bonds. The topological polar surface area (TPSA) is 0 Å². The van der Waals surface area contributed by atoms with Crippen LogP contribution in [0.4, 0.5) is 0 Å². The molecule has 0 N–H and O–H groups in total. The Balaban J connectivity index is 2.83. The molecular formula is C14H30S2. The molecular weight excluding hydrogens is 232 g/mol. The van der Waals surface area contributed by atoms with Crippen LogP contribution in [0.3, 0.4) is 0 Å². The molecule has 0 aromatic rings. The molecule has 2 heteroatoms. The van der Waals surface area contributed by atoms with Gasteiger partial charge in [-0.2, -0.15) is 0 Å². The summed E-state index contributed by atoms with van der Waals surface area (Å²) in [5.74, 6) is 2.71. The molecule has 0 bridgehead atoms. The van der Waals surface area contributed by atoms with Crippen molar-refractivity contribution in [1.82, 2.24) is 0 Å². The van der Waals surface area contributed by atoms with Gasteiger partial charge in [-0.1, -0.05) is 86.8 Å². The van der Waals surface area contributed by atoms with Crippen LogP contribution < -0.4 is 0 Å². The van der Waals surface area contributed by atoms with Crippen molar-refractivity contribution in [3.05, 3.63) is 0 Å². The van der Waals surface area contributed by atoms with Gasteiger partial charge in [0.05, 0.1) is 0 Å². The minimum absolute atomic E-state index is 1.34. The van der Waals surface area contributed by atoms with Gasteiger partial charge in [0.15, 0.2) is 0 Å². The first-order valence-corrected chi connectivity index (χ1v) is 9.65. The van der Waals surface area contributed by atoms with E-state index in [9.17, 15) is 0 Å². The molecule has 0 aliphatic heterocycles. The summed E-state index contributed by atoms with van der Waals surface area (Å²) < 4.78 is 0. The first kappa shape index (κ1) is 16.7. The van der Waals surface area contributed by atoms with E-state index in [1.165, 1.54) is 75.7 Å². The van der Waals surface area contributed by atoms with E-state index in [0.717, 1.165) is 0 Å². The molecule has 0 saturated heterocycles. The summed E-state index contributed by atoms with van der Waals surface area (Å²) in [4.78, 5) is 0. The zero-order valence-electron chi connectivity index (χ0n) is 11.3. The lowest BCUT2D eigenvalue weighted by Crippen LogP contribution is -1.82. The van der Waals surface area contributed by atoms with Crippen molar-refractivity contribution in [2.24, 2.45) is 0 Å². The van der Waals surface area contributed by atoms with E-state index >= 15 is 0 Å². The van der Waals surface area contributed by atoms with Gasteiger partial charge in [-0.05, 0) is 12.8 Å². The molecule has 0 radical (unpaired) electrons. The second-order valence-electron chi connectivity index (χ2n) is 4.47. The fourth-order valence-electron chi connectivity index (χ4n) is 1.62. The van der Waals surface area contributed by atoms with Crippen LogP contribution in [0.1, 0.15) is 78.1 Å². The van der Waals surface area contributed by atoms with Gasteiger partial charge < -0.3 is 0 Å². The molecule has 0 atom stereocenters. The molecule has 0 aliphatic carbocycles. The SMILES string of the molecule is CCCCCCCCCCSSCCCC. The first-order chi connectivity index (χ1) is 7.91. The Morgan fingerprint density at radius 2 is 0.938 bits per heavy atom. The van der Waals surface area contributed by atoms with Crippen molar-refractivity contribution in [3.8, 4) is 0 Å². The molecule has 0 aliphatic rings. The van der Waals surface area contributed by atoms with Crippen LogP contribution in [-0.2, 0) is 0 Å². The van der Waals surface area contributed by atoms with Gasteiger partial charge in [0.1, 0.15) is 0 Å². The van der Waals surface area contributed by atoms with Crippen LogP contribution in [0.25, 0.3) is 0 Å². The number of hydrogen-bond acceptors (Lipinski definition) is 2. The summed E-state index contributed by atoms with van der Waals surface area (Å²) in [6.07, 6.45) is 14.3. The highest BCUT2D eigenvalue weighted by Crippen LogP contribution is 2.24. The van der Waals surface area contributed by atoms with Gasteiger partial charge in [-0.3, -0.25) is 0 Å². The average molecular weight is 263 g/mol. The zero-order chi connectivity index (χ0) is 11.9. The van der Waals surface area contributed by atoms with Crippen LogP contribution in [0.5, 0.6) is 0 Å². The lowest BCUT2D eigenvalue weighted by molar-refractivity contribution is 0.586. The van der Waals surface area contributed by atoms with Gasteiger partial charge in [0.25, 0.3) is 0 Å². The normalized spacial score (nSPS) is 10.9. The Bertz CT molecular complexity index is 101. The summed E-state index contributed by atoms with van der Waals surface area (Å²) in [5.41, 5.74) is 0. The Hall–Kier alpha value is 0.700. The van der Waals surface area contributed by atoms with E-state index in [1.54, 1.807) is 0 Å². The van der Waals surface area contributed by atoms with Crippen LogP contribution in [0.2, 0.25) is 0 Å². The Labute approximate surface area is 111 Å². The zero-order valence-corrected chi connectivity index (χ0v) is 12.9. The van der Waals surface area contributed by atoms with Crippen molar-refractivity contribution < 1.29 is 0 Å². The minimum Gasteiger partial charge on any atom is -0.0942 e. The monoisotopic (exact) mass is 262 g/mol. The smallest absolute Gasteiger partial charge is 0.00369 e. The highest BCUT2D eigenvalue weighted by molar-refractivity contribution is 8.76. The quantitative estimate of drug-likeness (QED) is 0.282. The van der Waals surface area contributed by atoms with Crippen LogP contribution >= 0.6 is 21.6 Å². The van der Waals surface area contributed by atoms with Gasteiger partial charge in [-0.15, -0.1) is 0 Å². The van der Waals surface area contributed by atoms with Crippen LogP contribution in [0.15, 0.2) is 0 Å². The molecule has 0 heterocycles. The largest absolute Gasteiger partial charge is 0.0942 e. The maximum absolute atomic E-state index is 2.29. The Morgan fingerprint density at radius 1 is 0.500 bits per heavy atom. The van der Waals surface area contributed by atoms with E-state index in [2.05, 4.69) is 35.4 Å². The van der Waals surface area contributed by atoms with Crippen molar-refractivity contribution in [3.63, 3.8) is 0 Å². The molecule has 0 spiro atoms. The van der Waals surface area contributed by atoms with Gasteiger partial charge >= 0.3 is 0 Å². The molecule has 0 fully saturated rings. The van der Waals surface area contributed by atoms with Crippen molar-refractivity contribution >= 4 is 21.6 Å². The maximum Gasteiger partial charge on any atom is 0.00369 e. The summed E-state index contributed by atoms with van der Waals surface area (Å²) in [6.45, 7) is 4.55. The average Bonchev–Trinajstić information content (AvgIpc) is 2.31. The lowest BCUT2D eigenvalue weighted by Gasteiger charge is -2.01. The van der Waals surface area contributed by atoms with Crippen molar-refractivity contribution in [2.75, 3.05) is 11.5 Å². The summed E-state index contributed by atoms with van der Waals surface area (Å²) in [7, 11) is 4.15. The fraction of sp³-hybridized carbons (Fsp3) is 1.00. The van der Waals surface area contributed by atoms with Gasteiger partial charge in [-0.25, -0.2) is 0 Å². The van der Waals surface area contributed by atoms with E-state index in [4.69, 9.17) is 0 Å². The van der Waals surface area contributed by atoms with Crippen LogP contribution in [-0.4, -0.2) is 11.5 Å². The third kappa shape index (κ3) is 14.7. The number of hydrogen-bond donors (Lipinski definition) is 0. The lowest BCUT2D eigenvalue weighted by atomic mass is 10.1. The third-order valence-corrected chi connectivity index (χ3v) is 5.32. The van der Waals surface area contributed by atoms with Crippen LogP contribution in [0, 0.1) is 0 Å². The highest BCUT2D eigenvalue weighted by atomic mass is 33.1. The predicted molar refractivity (Wildman–Crippen MR) is 82.4 cm³/mol. The minimum atomic E-state index is 1.34. The highest BCUT2D eigenvalue weighted by Gasteiger charge is 1.93. The summed E-state index contributed by atoms with van der Waals surface area (Å²) in [6, 6.07) is 0. The Kier molecular flexibility index (Phi) is 16.4. The molecule has 0 aromatic heterocycles. The van der Waals surface area contributed by atoms with E-state index in [-0.39, 0.29) is 0 Å². The molecule has 0 nitrogen and oxygen atoms in total. The Morgan fingerprint density at radius 3 is 1.50 bits per heavy atom. The number of unbranched alkanes of at least 4 members (excludes halogenated alkanes) is 8. The van der Waals surface area contributed by atoms with Crippen molar-refractivity contribution in [2.45, 2.75) is 78.1 Å². The van der Waals surface area contributed by atoms with E-state index in [0.29, 0.717) is 0 Å². The second-order valence-corrected chi connectivity index (χ2v) is 7.17. The first-order valence-electron chi connectivity index (χ1n) is 7.16. The molecule has 0 saturated carbocycles. The number of rotatable bonds is 13. The standard InChI is InChI=1S/C14H30S2/c1-3-5-7-8-9-10-11-12-14-16-15-13-6-4-2/h3-14H2,1-2H3. The van der Waals surface area contributed by atoms with Crippen molar-refractivity contribution in [1.29, 1.82) is 0 Å². The van der Waals surface area contributed by atoms with Gasteiger partial charge in [0, 0.05) is 11.5 Å².